The largest absolute Gasteiger partial charge is 0.354 e. The van der Waals surface area contributed by atoms with E-state index < -0.39 is 0 Å². The summed E-state index contributed by atoms with van der Waals surface area (Å²) >= 11 is 1.73. The van der Waals surface area contributed by atoms with Crippen LogP contribution in [0.25, 0.3) is 10.8 Å². The fourth-order valence-electron chi connectivity index (χ4n) is 4.95. The summed E-state index contributed by atoms with van der Waals surface area (Å²) in [5.41, 5.74) is 1.89. The first kappa shape index (κ1) is 21.2. The minimum Gasteiger partial charge on any atom is -0.354 e. The van der Waals surface area contributed by atoms with Gasteiger partial charge in [-0.1, -0.05) is 36.4 Å². The van der Waals surface area contributed by atoms with Gasteiger partial charge in [-0.15, -0.1) is 21.5 Å². The zero-order chi connectivity index (χ0) is 23.1. The highest BCUT2D eigenvalue weighted by Crippen LogP contribution is 2.43. The molecule has 1 amide bonds. The van der Waals surface area contributed by atoms with E-state index in [2.05, 4.69) is 51.6 Å². The number of hydrogen-bond donors (Lipinski definition) is 1. The number of aryl methyl sites for hydroxylation is 1. The number of nitrogens with one attached hydrogen (secondary N) is 1. The van der Waals surface area contributed by atoms with Gasteiger partial charge in [0.1, 0.15) is 15.8 Å². The molecule has 0 bridgehead atoms. The van der Waals surface area contributed by atoms with Crippen molar-refractivity contribution < 1.29 is 4.79 Å². The van der Waals surface area contributed by atoms with Crippen LogP contribution in [-0.2, 0) is 0 Å². The van der Waals surface area contributed by atoms with E-state index in [1.54, 1.807) is 11.3 Å². The number of rotatable bonds is 5. The molecule has 34 heavy (non-hydrogen) atoms. The van der Waals surface area contributed by atoms with Crippen molar-refractivity contribution in [2.45, 2.75) is 44.1 Å². The van der Waals surface area contributed by atoms with Crippen LogP contribution in [-0.4, -0.2) is 40.2 Å². The third kappa shape index (κ3) is 4.05. The fourth-order valence-corrected chi connectivity index (χ4v) is 6.16. The van der Waals surface area contributed by atoms with Crippen molar-refractivity contribution in [3.63, 3.8) is 0 Å². The molecule has 2 fully saturated rings. The van der Waals surface area contributed by atoms with E-state index in [1.807, 2.05) is 36.5 Å². The predicted octanol–water partition coefficient (Wildman–Crippen LogP) is 5.06. The Morgan fingerprint density at radius 3 is 2.65 bits per heavy atom. The smallest absolute Gasteiger partial charge is 0.251 e. The zero-order valence-electron chi connectivity index (χ0n) is 19.1. The molecule has 0 unspecified atom stereocenters. The van der Waals surface area contributed by atoms with Gasteiger partial charge >= 0.3 is 0 Å². The van der Waals surface area contributed by atoms with Gasteiger partial charge in [0.05, 0.1) is 6.04 Å². The molecule has 1 aliphatic heterocycles. The molecule has 2 atom stereocenters. The van der Waals surface area contributed by atoms with Gasteiger partial charge in [-0.2, -0.15) is 0 Å². The average molecular weight is 470 g/mol. The van der Waals surface area contributed by atoms with Crippen LogP contribution >= 0.6 is 11.3 Å². The van der Waals surface area contributed by atoms with E-state index in [-0.39, 0.29) is 17.9 Å². The highest BCUT2D eigenvalue weighted by Gasteiger charge is 2.36. The summed E-state index contributed by atoms with van der Waals surface area (Å²) in [4.78, 5) is 20.3. The van der Waals surface area contributed by atoms with E-state index in [1.165, 1.54) is 29.2 Å². The third-order valence-corrected chi connectivity index (χ3v) is 8.16. The van der Waals surface area contributed by atoms with Crippen LogP contribution in [0.4, 0.5) is 5.82 Å². The Hall–Kier alpha value is -3.32. The molecule has 1 aliphatic carbocycles. The highest BCUT2D eigenvalue weighted by atomic mass is 32.1. The van der Waals surface area contributed by atoms with Crippen molar-refractivity contribution in [1.29, 1.82) is 0 Å². The van der Waals surface area contributed by atoms with E-state index in [9.17, 15) is 4.79 Å². The van der Waals surface area contributed by atoms with Gasteiger partial charge < -0.3 is 10.2 Å². The van der Waals surface area contributed by atoms with Crippen LogP contribution in [0.15, 0.2) is 60.8 Å². The maximum Gasteiger partial charge on any atom is 0.251 e. The molecular weight excluding hydrogens is 442 g/mol. The number of aromatic nitrogens is 3. The molecule has 6 nitrogen and oxygen atoms in total. The van der Waals surface area contributed by atoms with Gasteiger partial charge in [-0.05, 0) is 55.3 Å². The Balaban J connectivity index is 1.32. The molecule has 4 aromatic rings. The van der Waals surface area contributed by atoms with E-state index in [0.29, 0.717) is 18.0 Å². The van der Waals surface area contributed by atoms with Crippen LogP contribution < -0.4 is 10.2 Å². The van der Waals surface area contributed by atoms with Crippen molar-refractivity contribution in [1.82, 2.24) is 20.5 Å². The summed E-state index contributed by atoms with van der Waals surface area (Å²) in [6.07, 6.45) is 5.21. The number of carbonyl (C=O) groups is 1. The molecule has 7 heteroatoms. The Kier molecular flexibility index (Phi) is 5.49. The van der Waals surface area contributed by atoms with Crippen LogP contribution in [0.3, 0.4) is 0 Å². The first-order valence-corrected chi connectivity index (χ1v) is 12.8. The highest BCUT2D eigenvalue weighted by molar-refractivity contribution is 7.11. The summed E-state index contributed by atoms with van der Waals surface area (Å²) in [6.45, 7) is 3.68. The Morgan fingerprint density at radius 1 is 1.00 bits per heavy atom. The number of carbonyl (C=O) groups excluding carboxylic acids is 1. The molecule has 1 N–H and O–H groups in total. The number of nitrogens with zero attached hydrogens (tertiary/aromatic N) is 4. The van der Waals surface area contributed by atoms with Gasteiger partial charge in [0.2, 0.25) is 0 Å². The minimum absolute atomic E-state index is 0.0496. The van der Waals surface area contributed by atoms with Gasteiger partial charge in [0.15, 0.2) is 0 Å². The number of fused-ring (bicyclic) bond motifs is 1. The number of hydrogen-bond acceptors (Lipinski definition) is 6. The molecule has 2 aromatic carbocycles. The average Bonchev–Trinajstić information content (AvgIpc) is 3.61. The quantitative estimate of drug-likeness (QED) is 0.442. The van der Waals surface area contributed by atoms with E-state index in [4.69, 9.17) is 4.98 Å². The zero-order valence-corrected chi connectivity index (χ0v) is 20.0. The molecule has 2 aromatic heterocycles. The summed E-state index contributed by atoms with van der Waals surface area (Å²) in [5.74, 6) is 1.67. The summed E-state index contributed by atoms with van der Waals surface area (Å²) in [7, 11) is 0. The summed E-state index contributed by atoms with van der Waals surface area (Å²) in [6, 6.07) is 17.8. The number of pyridine rings is 1. The predicted molar refractivity (Wildman–Crippen MR) is 136 cm³/mol. The molecule has 1 saturated carbocycles. The molecule has 1 saturated heterocycles. The molecular formula is C27H27N5OS. The Labute approximate surface area is 203 Å². The number of benzene rings is 2. The molecule has 2 aliphatic rings. The van der Waals surface area contributed by atoms with Gasteiger partial charge in [0.25, 0.3) is 5.91 Å². The fraction of sp³-hybridized carbons (Fsp3) is 0.333. The van der Waals surface area contributed by atoms with Gasteiger partial charge in [0, 0.05) is 42.1 Å². The molecule has 3 heterocycles. The van der Waals surface area contributed by atoms with E-state index >= 15 is 0 Å². The molecule has 0 radical (unpaired) electrons. The lowest BCUT2D eigenvalue weighted by molar-refractivity contribution is 0.0927. The van der Waals surface area contributed by atoms with Crippen molar-refractivity contribution >= 4 is 33.8 Å². The van der Waals surface area contributed by atoms with Crippen molar-refractivity contribution in [3.05, 3.63) is 81.9 Å². The molecule has 172 valence electrons. The topological polar surface area (TPSA) is 71.0 Å². The lowest BCUT2D eigenvalue weighted by atomic mass is 9.91. The van der Waals surface area contributed by atoms with Crippen LogP contribution in [0.2, 0.25) is 0 Å². The van der Waals surface area contributed by atoms with Crippen LogP contribution in [0.5, 0.6) is 0 Å². The standard InChI is InChI=1S/C27H27N5OS/c1-17-6-5-9-18-12-14-28-24(23(17)18)32-15-13-21(27-31-30-26(34-27)20-10-11-20)22(16-32)29-25(33)19-7-3-2-4-8-19/h2-9,12,14,20-22H,10-11,13,15-16H2,1H3,(H,29,33)/t21-,22+/m1/s1. The van der Waals surface area contributed by atoms with Crippen LogP contribution in [0.1, 0.15) is 57.0 Å². The SMILES string of the molecule is Cc1cccc2ccnc(N3CC[C@@H](c4nnc(C5CC5)s4)[C@@H](NC(=O)c4ccccc4)C3)c12. The lowest BCUT2D eigenvalue weighted by Crippen LogP contribution is -2.52. The van der Waals surface area contributed by atoms with Gasteiger partial charge in [-0.25, -0.2) is 4.98 Å². The second kappa shape index (κ2) is 8.80. The van der Waals surface area contributed by atoms with Crippen molar-refractivity contribution in [2.75, 3.05) is 18.0 Å². The first-order chi connectivity index (χ1) is 16.7. The number of anilines is 1. The first-order valence-electron chi connectivity index (χ1n) is 12.0. The third-order valence-electron chi connectivity index (χ3n) is 6.94. The lowest BCUT2D eigenvalue weighted by Gasteiger charge is -2.39. The second-order valence-corrected chi connectivity index (χ2v) is 10.4. The summed E-state index contributed by atoms with van der Waals surface area (Å²) in [5, 5.41) is 17.0. The normalized spacial score (nSPS) is 20.4. The Morgan fingerprint density at radius 2 is 1.82 bits per heavy atom. The monoisotopic (exact) mass is 469 g/mol. The van der Waals surface area contributed by atoms with E-state index in [0.717, 1.165) is 28.8 Å². The summed E-state index contributed by atoms with van der Waals surface area (Å²) < 4.78 is 0. The van der Waals surface area contributed by atoms with Crippen molar-refractivity contribution in [3.8, 4) is 0 Å². The molecule has 6 rings (SSSR count). The van der Waals surface area contributed by atoms with Gasteiger partial charge in [-0.3, -0.25) is 4.79 Å². The minimum atomic E-state index is -0.0810. The maximum absolute atomic E-state index is 13.1. The van der Waals surface area contributed by atoms with Crippen LogP contribution in [0, 0.1) is 6.92 Å². The number of amides is 1. The van der Waals surface area contributed by atoms with Crippen molar-refractivity contribution in [2.24, 2.45) is 0 Å². The second-order valence-electron chi connectivity index (χ2n) is 9.35. The maximum atomic E-state index is 13.1. The number of piperidine rings is 1. The molecule has 0 spiro atoms. The Bertz CT molecular complexity index is 1330.